The van der Waals surface area contributed by atoms with Crippen molar-refractivity contribution in [2.24, 2.45) is 0 Å². The van der Waals surface area contributed by atoms with Crippen LogP contribution in [0.25, 0.3) is 0 Å². The number of aromatic nitrogens is 3. The number of thioether (sulfide) groups is 1. The van der Waals surface area contributed by atoms with Gasteiger partial charge in [0.25, 0.3) is 0 Å². The number of amides is 1. The van der Waals surface area contributed by atoms with E-state index in [4.69, 9.17) is 4.74 Å². The molecular formula is C22H26N4O2S. The monoisotopic (exact) mass is 410 g/mol. The number of benzene rings is 2. The maximum Gasteiger partial charge on any atom is 0.234 e. The van der Waals surface area contributed by atoms with Crippen LogP contribution in [0.2, 0.25) is 0 Å². The summed E-state index contributed by atoms with van der Waals surface area (Å²) in [5.41, 5.74) is 4.25. The summed E-state index contributed by atoms with van der Waals surface area (Å²) in [6, 6.07) is 13.9. The zero-order valence-electron chi connectivity index (χ0n) is 17.2. The van der Waals surface area contributed by atoms with E-state index < -0.39 is 0 Å². The van der Waals surface area contributed by atoms with Gasteiger partial charge in [-0.2, -0.15) is 0 Å². The number of ether oxygens (including phenoxy) is 1. The number of hydrogen-bond acceptors (Lipinski definition) is 5. The molecule has 0 atom stereocenters. The molecular weight excluding hydrogens is 384 g/mol. The lowest BCUT2D eigenvalue weighted by Gasteiger charge is -2.10. The SMILES string of the molecule is CCn1c(COc2ccc(C)cc2)nnc1SCC(=O)Nc1ccc(C)cc1C. The van der Waals surface area contributed by atoms with E-state index >= 15 is 0 Å². The second-order valence-electron chi connectivity index (χ2n) is 6.90. The number of aryl methyl sites for hydroxylation is 3. The standard InChI is InChI=1S/C22H26N4O2S/c1-5-26-20(13-28-18-9-6-15(2)7-10-18)24-25-22(26)29-14-21(27)23-19-11-8-16(3)12-17(19)4/h6-12H,5,13-14H2,1-4H3,(H,23,27). The molecule has 0 radical (unpaired) electrons. The summed E-state index contributed by atoms with van der Waals surface area (Å²) < 4.78 is 7.79. The third kappa shape index (κ3) is 5.60. The fourth-order valence-electron chi connectivity index (χ4n) is 2.90. The second-order valence-corrected chi connectivity index (χ2v) is 7.84. The van der Waals surface area contributed by atoms with Gasteiger partial charge in [0, 0.05) is 12.2 Å². The van der Waals surface area contributed by atoms with Crippen molar-refractivity contribution >= 4 is 23.4 Å². The van der Waals surface area contributed by atoms with Crippen molar-refractivity contribution in [3.05, 3.63) is 65.0 Å². The Hall–Kier alpha value is -2.80. The van der Waals surface area contributed by atoms with Gasteiger partial charge < -0.3 is 14.6 Å². The molecule has 1 N–H and O–H groups in total. The predicted molar refractivity (Wildman–Crippen MR) is 116 cm³/mol. The average molecular weight is 411 g/mol. The van der Waals surface area contributed by atoms with E-state index in [2.05, 4.69) is 21.6 Å². The van der Waals surface area contributed by atoms with Crippen LogP contribution >= 0.6 is 11.8 Å². The van der Waals surface area contributed by atoms with Gasteiger partial charge in [-0.15, -0.1) is 10.2 Å². The molecule has 6 nitrogen and oxygen atoms in total. The molecule has 7 heteroatoms. The number of rotatable bonds is 8. The topological polar surface area (TPSA) is 69.0 Å². The van der Waals surface area contributed by atoms with Crippen molar-refractivity contribution in [3.63, 3.8) is 0 Å². The Bertz CT molecular complexity index is 983. The molecule has 0 aliphatic carbocycles. The van der Waals surface area contributed by atoms with Crippen molar-refractivity contribution in [2.75, 3.05) is 11.1 Å². The van der Waals surface area contributed by atoms with Crippen molar-refractivity contribution in [1.82, 2.24) is 14.8 Å². The summed E-state index contributed by atoms with van der Waals surface area (Å²) in [6.07, 6.45) is 0. The molecule has 0 bridgehead atoms. The second kappa shape index (κ2) is 9.60. The van der Waals surface area contributed by atoms with E-state index in [1.54, 1.807) is 0 Å². The largest absolute Gasteiger partial charge is 0.486 e. The van der Waals surface area contributed by atoms with Crippen molar-refractivity contribution in [2.45, 2.75) is 46.0 Å². The summed E-state index contributed by atoms with van der Waals surface area (Å²) in [4.78, 5) is 12.4. The molecule has 0 aliphatic heterocycles. The first-order valence-electron chi connectivity index (χ1n) is 9.57. The van der Waals surface area contributed by atoms with Gasteiger partial charge in [0.05, 0.1) is 5.75 Å². The highest BCUT2D eigenvalue weighted by atomic mass is 32.2. The molecule has 0 saturated carbocycles. The van der Waals surface area contributed by atoms with Gasteiger partial charge in [-0.1, -0.05) is 47.2 Å². The van der Waals surface area contributed by atoms with Gasteiger partial charge in [-0.3, -0.25) is 4.79 Å². The number of anilines is 1. The Balaban J connectivity index is 1.58. The maximum absolute atomic E-state index is 12.4. The van der Waals surface area contributed by atoms with Crippen LogP contribution in [0.1, 0.15) is 29.4 Å². The molecule has 0 unspecified atom stereocenters. The fraction of sp³-hybridized carbons (Fsp3) is 0.318. The molecule has 2 aromatic carbocycles. The van der Waals surface area contributed by atoms with Crippen LogP contribution in [-0.2, 0) is 17.9 Å². The molecule has 0 spiro atoms. The highest BCUT2D eigenvalue weighted by molar-refractivity contribution is 7.99. The van der Waals surface area contributed by atoms with Crippen LogP contribution in [0.5, 0.6) is 5.75 Å². The Morgan fingerprint density at radius 3 is 2.48 bits per heavy atom. The lowest BCUT2D eigenvalue weighted by Crippen LogP contribution is -2.15. The number of carbonyl (C=O) groups is 1. The predicted octanol–water partition coefficient (Wildman–Crippen LogP) is 4.53. The van der Waals surface area contributed by atoms with Gasteiger partial charge >= 0.3 is 0 Å². The Labute approximate surface area is 175 Å². The smallest absolute Gasteiger partial charge is 0.234 e. The van der Waals surface area contributed by atoms with E-state index in [-0.39, 0.29) is 11.7 Å². The van der Waals surface area contributed by atoms with Crippen molar-refractivity contribution in [3.8, 4) is 5.75 Å². The third-order valence-electron chi connectivity index (χ3n) is 4.49. The number of carbonyl (C=O) groups excluding carboxylic acids is 1. The summed E-state index contributed by atoms with van der Waals surface area (Å²) in [5, 5.41) is 12.2. The zero-order valence-corrected chi connectivity index (χ0v) is 18.0. The van der Waals surface area contributed by atoms with Gasteiger partial charge in [0.1, 0.15) is 12.4 Å². The van der Waals surface area contributed by atoms with Crippen LogP contribution in [0, 0.1) is 20.8 Å². The van der Waals surface area contributed by atoms with Crippen LogP contribution in [-0.4, -0.2) is 26.4 Å². The molecule has 1 amide bonds. The normalized spacial score (nSPS) is 10.8. The zero-order chi connectivity index (χ0) is 20.8. The first-order valence-corrected chi connectivity index (χ1v) is 10.6. The van der Waals surface area contributed by atoms with Gasteiger partial charge in [-0.05, 0) is 51.5 Å². The molecule has 1 aromatic heterocycles. The summed E-state index contributed by atoms with van der Waals surface area (Å²) in [6.45, 7) is 9.13. The maximum atomic E-state index is 12.4. The summed E-state index contributed by atoms with van der Waals surface area (Å²) in [7, 11) is 0. The molecule has 0 saturated heterocycles. The van der Waals surface area contributed by atoms with Gasteiger partial charge in [0.2, 0.25) is 5.91 Å². The Morgan fingerprint density at radius 1 is 1.07 bits per heavy atom. The first kappa shape index (κ1) is 20.9. The van der Waals surface area contributed by atoms with Crippen molar-refractivity contribution < 1.29 is 9.53 Å². The van der Waals surface area contributed by atoms with Crippen LogP contribution in [0.15, 0.2) is 47.6 Å². The quantitative estimate of drug-likeness (QED) is 0.553. The number of nitrogens with zero attached hydrogens (tertiary/aromatic N) is 3. The van der Waals surface area contributed by atoms with E-state index in [9.17, 15) is 4.79 Å². The molecule has 152 valence electrons. The molecule has 3 aromatic rings. The van der Waals surface area contributed by atoms with Gasteiger partial charge in [0.15, 0.2) is 11.0 Å². The molecule has 0 fully saturated rings. The van der Waals surface area contributed by atoms with Crippen LogP contribution in [0.3, 0.4) is 0 Å². The molecule has 29 heavy (non-hydrogen) atoms. The summed E-state index contributed by atoms with van der Waals surface area (Å²) >= 11 is 1.37. The highest BCUT2D eigenvalue weighted by Crippen LogP contribution is 2.21. The minimum absolute atomic E-state index is 0.0648. The van der Waals surface area contributed by atoms with E-state index in [0.29, 0.717) is 18.3 Å². The minimum Gasteiger partial charge on any atom is -0.486 e. The molecule has 0 aliphatic rings. The Morgan fingerprint density at radius 2 is 1.79 bits per heavy atom. The Kier molecular flexibility index (Phi) is 6.93. The third-order valence-corrected chi connectivity index (χ3v) is 5.45. The number of nitrogens with one attached hydrogen (secondary N) is 1. The van der Waals surface area contributed by atoms with Gasteiger partial charge in [-0.25, -0.2) is 0 Å². The lowest BCUT2D eigenvalue weighted by molar-refractivity contribution is -0.113. The van der Waals surface area contributed by atoms with Crippen LogP contribution < -0.4 is 10.1 Å². The highest BCUT2D eigenvalue weighted by Gasteiger charge is 2.14. The van der Waals surface area contributed by atoms with Crippen LogP contribution in [0.4, 0.5) is 5.69 Å². The van der Waals surface area contributed by atoms with E-state index in [1.165, 1.54) is 22.9 Å². The minimum atomic E-state index is -0.0648. The average Bonchev–Trinajstić information content (AvgIpc) is 3.10. The van der Waals surface area contributed by atoms with E-state index in [1.807, 2.05) is 68.7 Å². The summed E-state index contributed by atoms with van der Waals surface area (Å²) in [5.74, 6) is 1.74. The molecule has 3 rings (SSSR count). The molecule has 1 heterocycles. The number of hydrogen-bond donors (Lipinski definition) is 1. The fourth-order valence-corrected chi connectivity index (χ4v) is 3.72. The first-order chi connectivity index (χ1) is 14.0. The van der Waals surface area contributed by atoms with E-state index in [0.717, 1.165) is 22.8 Å². The lowest BCUT2D eigenvalue weighted by atomic mass is 10.1. The van der Waals surface area contributed by atoms with Crippen molar-refractivity contribution in [1.29, 1.82) is 0 Å².